The third-order valence-electron chi connectivity index (χ3n) is 4.42. The molecule has 2 aromatic carbocycles. The van der Waals surface area contributed by atoms with Gasteiger partial charge >= 0.3 is 5.97 Å². The van der Waals surface area contributed by atoms with Crippen LogP contribution in [0.1, 0.15) is 27.0 Å². The maximum atomic E-state index is 12.2. The second kappa shape index (κ2) is 6.84. The molecule has 0 saturated carbocycles. The first-order chi connectivity index (χ1) is 11.6. The van der Waals surface area contributed by atoms with Crippen molar-refractivity contribution >= 4 is 11.9 Å². The molecule has 2 N–H and O–H groups in total. The molecule has 0 spiro atoms. The van der Waals surface area contributed by atoms with E-state index in [4.69, 9.17) is 10.5 Å². The number of primary amides is 1. The quantitative estimate of drug-likeness (QED) is 0.872. The Morgan fingerprint density at radius 3 is 2.62 bits per heavy atom. The van der Waals surface area contributed by atoms with Gasteiger partial charge in [-0.2, -0.15) is 0 Å². The molecule has 0 radical (unpaired) electrons. The van der Waals surface area contributed by atoms with Gasteiger partial charge in [-0.15, -0.1) is 0 Å². The summed E-state index contributed by atoms with van der Waals surface area (Å²) >= 11 is 0. The fourth-order valence-electron chi connectivity index (χ4n) is 3.17. The summed E-state index contributed by atoms with van der Waals surface area (Å²) in [6.07, 6.45) is 0.623. The fourth-order valence-corrected chi connectivity index (χ4v) is 3.17. The zero-order valence-electron chi connectivity index (χ0n) is 13.6. The summed E-state index contributed by atoms with van der Waals surface area (Å²) in [6.45, 7) is 1.21. The van der Waals surface area contributed by atoms with E-state index in [0.29, 0.717) is 25.1 Å². The summed E-state index contributed by atoms with van der Waals surface area (Å²) in [5.41, 5.74) is 9.15. The molecule has 1 atom stereocenters. The number of ether oxygens (including phenoxy) is 1. The summed E-state index contributed by atoms with van der Waals surface area (Å²) in [5.74, 6) is -0.694. The summed E-state index contributed by atoms with van der Waals surface area (Å²) in [4.78, 5) is 25.7. The van der Waals surface area contributed by atoms with E-state index in [2.05, 4.69) is 17.0 Å². The van der Waals surface area contributed by atoms with Crippen molar-refractivity contribution in [1.29, 1.82) is 0 Å². The van der Waals surface area contributed by atoms with Gasteiger partial charge in [-0.3, -0.25) is 14.5 Å². The van der Waals surface area contributed by atoms with Gasteiger partial charge in [-0.05, 0) is 35.2 Å². The smallest absolute Gasteiger partial charge is 0.323 e. The second-order valence-corrected chi connectivity index (χ2v) is 5.98. The number of benzene rings is 2. The number of esters is 1. The van der Waals surface area contributed by atoms with Crippen LogP contribution in [0.3, 0.4) is 0 Å². The molecule has 24 heavy (non-hydrogen) atoms. The normalized spacial score (nSPS) is 17.1. The van der Waals surface area contributed by atoms with Crippen LogP contribution in [0.4, 0.5) is 0 Å². The number of hydrogen-bond acceptors (Lipinski definition) is 4. The molecule has 3 rings (SSSR count). The largest absolute Gasteiger partial charge is 0.468 e. The zero-order chi connectivity index (χ0) is 17.1. The number of hydrogen-bond donors (Lipinski definition) is 1. The lowest BCUT2D eigenvalue weighted by atomic mass is 9.93. The lowest BCUT2D eigenvalue weighted by Crippen LogP contribution is -2.45. The van der Waals surface area contributed by atoms with E-state index < -0.39 is 5.91 Å². The van der Waals surface area contributed by atoms with E-state index in [1.54, 1.807) is 18.2 Å². The van der Waals surface area contributed by atoms with Crippen molar-refractivity contribution in [3.8, 4) is 0 Å². The van der Waals surface area contributed by atoms with Crippen LogP contribution in [0, 0.1) is 0 Å². The average Bonchev–Trinajstić information content (AvgIpc) is 2.60. The molecule has 0 fully saturated rings. The topological polar surface area (TPSA) is 72.6 Å². The first-order valence-corrected chi connectivity index (χ1v) is 7.86. The minimum atomic E-state index is -0.453. The van der Waals surface area contributed by atoms with Gasteiger partial charge in [0, 0.05) is 18.7 Å². The monoisotopic (exact) mass is 324 g/mol. The Balaban J connectivity index is 1.88. The van der Waals surface area contributed by atoms with Crippen LogP contribution in [0.25, 0.3) is 0 Å². The molecule has 0 aliphatic carbocycles. The molecule has 1 aliphatic heterocycles. The van der Waals surface area contributed by atoms with Crippen LogP contribution in [0.5, 0.6) is 0 Å². The molecule has 1 unspecified atom stereocenters. The molecule has 1 heterocycles. The van der Waals surface area contributed by atoms with E-state index in [1.165, 1.54) is 18.2 Å². The van der Waals surface area contributed by atoms with Crippen molar-refractivity contribution in [2.75, 3.05) is 7.11 Å². The summed E-state index contributed by atoms with van der Waals surface area (Å²) in [5, 5.41) is 0. The van der Waals surface area contributed by atoms with Crippen LogP contribution in [0.15, 0.2) is 48.5 Å². The SMILES string of the molecule is COC(=O)C1Cc2ccccc2CN1Cc1cccc(C(N)=O)c1. The van der Waals surface area contributed by atoms with Crippen LogP contribution in [0.2, 0.25) is 0 Å². The maximum Gasteiger partial charge on any atom is 0.323 e. The van der Waals surface area contributed by atoms with Crippen molar-refractivity contribution in [3.63, 3.8) is 0 Å². The molecule has 0 aromatic heterocycles. The predicted molar refractivity (Wildman–Crippen MR) is 90.2 cm³/mol. The number of amides is 1. The highest BCUT2D eigenvalue weighted by Gasteiger charge is 2.32. The van der Waals surface area contributed by atoms with Crippen LogP contribution < -0.4 is 5.73 Å². The number of fused-ring (bicyclic) bond motifs is 1. The highest BCUT2D eigenvalue weighted by molar-refractivity contribution is 5.92. The number of carbonyl (C=O) groups is 2. The predicted octanol–water partition coefficient (Wildman–Crippen LogP) is 1.89. The molecule has 1 amide bonds. The summed E-state index contributed by atoms with van der Waals surface area (Å²) in [6, 6.07) is 15.0. The number of nitrogens with two attached hydrogens (primary N) is 1. The third-order valence-corrected chi connectivity index (χ3v) is 4.42. The molecule has 5 heteroatoms. The van der Waals surface area contributed by atoms with Crippen molar-refractivity contribution < 1.29 is 14.3 Å². The summed E-state index contributed by atoms with van der Waals surface area (Å²) in [7, 11) is 1.41. The summed E-state index contributed by atoms with van der Waals surface area (Å²) < 4.78 is 4.98. The van der Waals surface area contributed by atoms with Crippen molar-refractivity contribution in [2.24, 2.45) is 5.73 Å². The Labute approximate surface area is 141 Å². The van der Waals surface area contributed by atoms with E-state index in [1.807, 2.05) is 18.2 Å². The minimum absolute atomic E-state index is 0.240. The minimum Gasteiger partial charge on any atom is -0.468 e. The first-order valence-electron chi connectivity index (χ1n) is 7.86. The van der Waals surface area contributed by atoms with E-state index in [-0.39, 0.29) is 12.0 Å². The zero-order valence-corrected chi connectivity index (χ0v) is 13.6. The number of rotatable bonds is 4. The lowest BCUT2D eigenvalue weighted by molar-refractivity contribution is -0.148. The van der Waals surface area contributed by atoms with Crippen molar-refractivity contribution in [3.05, 3.63) is 70.8 Å². The van der Waals surface area contributed by atoms with E-state index >= 15 is 0 Å². The number of carbonyl (C=O) groups excluding carboxylic acids is 2. The third kappa shape index (κ3) is 3.31. The van der Waals surface area contributed by atoms with Crippen molar-refractivity contribution in [1.82, 2.24) is 4.90 Å². The van der Waals surface area contributed by atoms with Gasteiger partial charge in [0.25, 0.3) is 0 Å². The van der Waals surface area contributed by atoms with E-state index in [0.717, 1.165) is 5.56 Å². The average molecular weight is 324 g/mol. The highest BCUT2D eigenvalue weighted by Crippen LogP contribution is 2.25. The van der Waals surface area contributed by atoms with Gasteiger partial charge < -0.3 is 10.5 Å². The molecule has 124 valence electrons. The van der Waals surface area contributed by atoms with Crippen LogP contribution >= 0.6 is 0 Å². The molecule has 0 saturated heterocycles. The lowest BCUT2D eigenvalue weighted by Gasteiger charge is -2.35. The van der Waals surface area contributed by atoms with Crippen LogP contribution in [-0.2, 0) is 29.0 Å². The molecule has 1 aliphatic rings. The van der Waals surface area contributed by atoms with Gasteiger partial charge in [0.15, 0.2) is 0 Å². The van der Waals surface area contributed by atoms with Gasteiger partial charge in [0.05, 0.1) is 7.11 Å². The van der Waals surface area contributed by atoms with Gasteiger partial charge in [-0.1, -0.05) is 36.4 Å². The Bertz CT molecular complexity index is 773. The molecule has 2 aromatic rings. The fraction of sp³-hybridized carbons (Fsp3) is 0.263. The Hall–Kier alpha value is -2.66. The van der Waals surface area contributed by atoms with Gasteiger partial charge in [0.2, 0.25) is 5.91 Å². The molecular weight excluding hydrogens is 304 g/mol. The highest BCUT2D eigenvalue weighted by atomic mass is 16.5. The first kappa shape index (κ1) is 16.2. The second-order valence-electron chi connectivity index (χ2n) is 5.98. The number of nitrogens with zero attached hydrogens (tertiary/aromatic N) is 1. The molecule has 5 nitrogen and oxygen atoms in total. The Kier molecular flexibility index (Phi) is 4.62. The maximum absolute atomic E-state index is 12.2. The number of methoxy groups -OCH3 is 1. The van der Waals surface area contributed by atoms with Crippen molar-refractivity contribution in [2.45, 2.75) is 25.6 Å². The van der Waals surface area contributed by atoms with E-state index in [9.17, 15) is 9.59 Å². The molecule has 0 bridgehead atoms. The Morgan fingerprint density at radius 2 is 1.92 bits per heavy atom. The standard InChI is InChI=1S/C19H20N2O3/c1-24-19(23)17-10-14-6-2-3-7-16(14)12-21(17)11-13-5-4-8-15(9-13)18(20)22/h2-9,17H,10-12H2,1H3,(H2,20,22). The van der Waals surface area contributed by atoms with Crippen LogP contribution in [-0.4, -0.2) is 29.9 Å². The Morgan fingerprint density at radius 1 is 1.17 bits per heavy atom. The van der Waals surface area contributed by atoms with Gasteiger partial charge in [-0.25, -0.2) is 0 Å². The molecular formula is C19H20N2O3. The van der Waals surface area contributed by atoms with Gasteiger partial charge in [0.1, 0.15) is 6.04 Å².